The van der Waals surface area contributed by atoms with Crippen LogP contribution >= 0.6 is 23.2 Å². The van der Waals surface area contributed by atoms with Crippen LogP contribution in [0.3, 0.4) is 0 Å². The summed E-state index contributed by atoms with van der Waals surface area (Å²) in [5, 5.41) is 3.38. The summed E-state index contributed by atoms with van der Waals surface area (Å²) in [6.07, 6.45) is 0.695. The molecular weight excluding hydrogens is 592 g/mol. The van der Waals surface area contributed by atoms with Crippen molar-refractivity contribution in [2.75, 3.05) is 24.0 Å². The maximum absolute atomic E-state index is 13.9. The molecule has 0 aliphatic carbocycles. The van der Waals surface area contributed by atoms with Gasteiger partial charge >= 0.3 is 0 Å². The molecule has 0 heterocycles. The van der Waals surface area contributed by atoms with Crippen LogP contribution in [0, 0.1) is 5.82 Å². The molecular formula is C29H32Cl2FN3O5S. The maximum Gasteiger partial charge on any atom is 0.264 e. The van der Waals surface area contributed by atoms with E-state index in [0.29, 0.717) is 35.9 Å². The standard InChI is InChI=1S/C29H32Cl2FN3O5S/c1-4-16-33-29(37)20(3)34(18-21-6-15-26(30)27(31)17-21)28(36)19-35(23-9-11-24(12-10-23)40-5-2)41(38,39)25-13-7-22(32)8-14-25/h6-15,17,20H,4-5,16,18-19H2,1-3H3,(H,33,37). The molecule has 1 N–H and O–H groups in total. The third-order valence-corrected chi connectivity index (χ3v) is 8.70. The van der Waals surface area contributed by atoms with Crippen LogP contribution in [-0.4, -0.2) is 50.9 Å². The van der Waals surface area contributed by atoms with Crippen LogP contribution in [0.5, 0.6) is 5.75 Å². The monoisotopic (exact) mass is 623 g/mol. The number of halogens is 3. The quantitative estimate of drug-likeness (QED) is 0.265. The molecule has 0 aromatic heterocycles. The molecule has 0 aliphatic rings. The van der Waals surface area contributed by atoms with E-state index in [0.717, 1.165) is 28.6 Å². The number of benzene rings is 3. The van der Waals surface area contributed by atoms with Gasteiger partial charge in [-0.15, -0.1) is 0 Å². The molecule has 2 amide bonds. The molecule has 0 aliphatic heterocycles. The Kier molecular flexibility index (Phi) is 11.4. The fourth-order valence-corrected chi connectivity index (χ4v) is 5.69. The first-order valence-corrected chi connectivity index (χ1v) is 15.2. The van der Waals surface area contributed by atoms with E-state index in [1.54, 1.807) is 37.3 Å². The van der Waals surface area contributed by atoms with E-state index in [4.69, 9.17) is 27.9 Å². The minimum Gasteiger partial charge on any atom is -0.494 e. The molecule has 3 aromatic carbocycles. The smallest absolute Gasteiger partial charge is 0.264 e. The zero-order chi connectivity index (χ0) is 30.2. The van der Waals surface area contributed by atoms with Crippen LogP contribution < -0.4 is 14.4 Å². The first-order valence-electron chi connectivity index (χ1n) is 13.0. The number of nitrogens with one attached hydrogen (secondary N) is 1. The van der Waals surface area contributed by atoms with E-state index in [1.165, 1.54) is 17.0 Å². The summed E-state index contributed by atoms with van der Waals surface area (Å²) in [4.78, 5) is 27.9. The molecule has 0 fully saturated rings. The molecule has 41 heavy (non-hydrogen) atoms. The van der Waals surface area contributed by atoms with Crippen molar-refractivity contribution in [2.24, 2.45) is 0 Å². The van der Waals surface area contributed by atoms with Gasteiger partial charge in [0.1, 0.15) is 24.2 Å². The van der Waals surface area contributed by atoms with Crippen molar-refractivity contribution in [3.05, 3.63) is 88.2 Å². The van der Waals surface area contributed by atoms with Gasteiger partial charge in [-0.05, 0) is 86.5 Å². The largest absolute Gasteiger partial charge is 0.494 e. The van der Waals surface area contributed by atoms with Crippen molar-refractivity contribution in [2.45, 2.75) is 44.7 Å². The average Bonchev–Trinajstić information content (AvgIpc) is 2.95. The number of nitrogens with zero attached hydrogens (tertiary/aromatic N) is 2. The molecule has 3 rings (SSSR count). The van der Waals surface area contributed by atoms with Gasteiger partial charge in [-0.1, -0.05) is 36.2 Å². The molecule has 8 nitrogen and oxygen atoms in total. The topological polar surface area (TPSA) is 96.0 Å². The van der Waals surface area contributed by atoms with Crippen molar-refractivity contribution in [1.82, 2.24) is 10.2 Å². The van der Waals surface area contributed by atoms with Crippen LogP contribution in [0.2, 0.25) is 10.0 Å². The highest BCUT2D eigenvalue weighted by Crippen LogP contribution is 2.28. The van der Waals surface area contributed by atoms with Crippen molar-refractivity contribution in [1.29, 1.82) is 0 Å². The van der Waals surface area contributed by atoms with Crippen molar-refractivity contribution < 1.29 is 27.1 Å². The van der Waals surface area contributed by atoms with E-state index >= 15 is 0 Å². The van der Waals surface area contributed by atoms with Gasteiger partial charge in [0.25, 0.3) is 10.0 Å². The number of hydrogen-bond donors (Lipinski definition) is 1. The number of sulfonamides is 1. The van der Waals surface area contributed by atoms with Gasteiger partial charge in [-0.3, -0.25) is 13.9 Å². The lowest BCUT2D eigenvalue weighted by Crippen LogP contribution is -2.51. The van der Waals surface area contributed by atoms with Gasteiger partial charge in [0, 0.05) is 13.1 Å². The van der Waals surface area contributed by atoms with Gasteiger partial charge in [0.05, 0.1) is 27.2 Å². The molecule has 1 unspecified atom stereocenters. The second-order valence-electron chi connectivity index (χ2n) is 9.13. The maximum atomic E-state index is 13.9. The van der Waals surface area contributed by atoms with Crippen LogP contribution in [0.4, 0.5) is 10.1 Å². The normalized spacial score (nSPS) is 12.0. The fourth-order valence-electron chi connectivity index (χ4n) is 3.95. The Hall–Kier alpha value is -3.34. The van der Waals surface area contributed by atoms with Crippen molar-refractivity contribution >= 4 is 50.7 Å². The van der Waals surface area contributed by atoms with E-state index < -0.39 is 40.2 Å². The number of amides is 2. The Morgan fingerprint density at radius 1 is 0.976 bits per heavy atom. The van der Waals surface area contributed by atoms with Crippen LogP contribution in [0.25, 0.3) is 0 Å². The van der Waals surface area contributed by atoms with Crippen molar-refractivity contribution in [3.8, 4) is 5.75 Å². The molecule has 0 saturated carbocycles. The predicted octanol–water partition coefficient (Wildman–Crippen LogP) is 5.67. The third kappa shape index (κ3) is 8.34. The van der Waals surface area contributed by atoms with Gasteiger partial charge in [0.15, 0.2) is 0 Å². The minimum absolute atomic E-state index is 0.0376. The summed E-state index contributed by atoms with van der Waals surface area (Å²) >= 11 is 12.2. The summed E-state index contributed by atoms with van der Waals surface area (Å²) in [5.41, 5.74) is 0.778. The third-order valence-electron chi connectivity index (χ3n) is 6.17. The SMILES string of the molecule is CCCNC(=O)C(C)N(Cc1ccc(Cl)c(Cl)c1)C(=O)CN(c1ccc(OCC)cc1)S(=O)(=O)c1ccc(F)cc1. The molecule has 12 heteroatoms. The fraction of sp³-hybridized carbons (Fsp3) is 0.310. The first-order chi connectivity index (χ1) is 19.5. The Morgan fingerprint density at radius 2 is 1.63 bits per heavy atom. The van der Waals surface area contributed by atoms with Gasteiger partial charge in [0.2, 0.25) is 11.8 Å². The highest BCUT2D eigenvalue weighted by molar-refractivity contribution is 7.92. The van der Waals surface area contributed by atoms with Gasteiger partial charge in [-0.25, -0.2) is 12.8 Å². The highest BCUT2D eigenvalue weighted by atomic mass is 35.5. The van der Waals surface area contributed by atoms with Crippen LogP contribution in [0.15, 0.2) is 71.6 Å². The van der Waals surface area contributed by atoms with E-state index in [-0.39, 0.29) is 22.2 Å². The summed E-state index contributed by atoms with van der Waals surface area (Å²) in [6, 6.07) is 14.4. The molecule has 220 valence electrons. The lowest BCUT2D eigenvalue weighted by atomic mass is 10.1. The van der Waals surface area contributed by atoms with Crippen molar-refractivity contribution in [3.63, 3.8) is 0 Å². The van der Waals surface area contributed by atoms with Gasteiger partial charge < -0.3 is 15.0 Å². The Morgan fingerprint density at radius 3 is 2.22 bits per heavy atom. The number of carbonyl (C=O) groups is 2. The molecule has 1 atom stereocenters. The number of anilines is 1. The van der Waals surface area contributed by atoms with Crippen LogP contribution in [0.1, 0.15) is 32.8 Å². The molecule has 0 radical (unpaired) electrons. The second-order valence-corrected chi connectivity index (χ2v) is 11.8. The second kappa shape index (κ2) is 14.5. The van der Waals surface area contributed by atoms with Crippen LogP contribution in [-0.2, 0) is 26.2 Å². The Labute approximate surface area is 250 Å². The number of rotatable bonds is 13. The lowest BCUT2D eigenvalue weighted by Gasteiger charge is -2.32. The summed E-state index contributed by atoms with van der Waals surface area (Å²) < 4.78 is 47.6. The molecule has 0 saturated heterocycles. The number of ether oxygens (including phenoxy) is 1. The zero-order valence-electron chi connectivity index (χ0n) is 22.9. The summed E-state index contributed by atoms with van der Waals surface area (Å²) in [7, 11) is -4.33. The van der Waals surface area contributed by atoms with Gasteiger partial charge in [-0.2, -0.15) is 0 Å². The summed E-state index contributed by atoms with van der Waals surface area (Å²) in [6.45, 7) is 5.43. The lowest BCUT2D eigenvalue weighted by molar-refractivity contribution is -0.139. The first kappa shape index (κ1) is 32.2. The van der Waals surface area contributed by atoms with E-state index in [1.807, 2.05) is 13.8 Å². The molecule has 3 aromatic rings. The number of hydrogen-bond acceptors (Lipinski definition) is 5. The zero-order valence-corrected chi connectivity index (χ0v) is 25.3. The summed E-state index contributed by atoms with van der Waals surface area (Å²) in [5.74, 6) is -1.12. The Balaban J connectivity index is 2.03. The van der Waals surface area contributed by atoms with E-state index in [2.05, 4.69) is 5.32 Å². The molecule has 0 spiro atoms. The Bertz CT molecular complexity index is 1450. The molecule has 0 bridgehead atoms. The highest BCUT2D eigenvalue weighted by Gasteiger charge is 2.32. The predicted molar refractivity (Wildman–Crippen MR) is 158 cm³/mol. The minimum atomic E-state index is -4.33. The average molecular weight is 625 g/mol. The number of carbonyl (C=O) groups excluding carboxylic acids is 2. The van der Waals surface area contributed by atoms with E-state index in [9.17, 15) is 22.4 Å².